The molecule has 0 aromatic heterocycles. The number of nitrogens with one attached hydrogen (secondary N) is 1. The smallest absolute Gasteiger partial charge is 0.244 e. The van der Waals surface area contributed by atoms with Gasteiger partial charge >= 0.3 is 0 Å². The van der Waals surface area contributed by atoms with Crippen molar-refractivity contribution in [3.05, 3.63) is 65.2 Å². The van der Waals surface area contributed by atoms with Gasteiger partial charge in [0, 0.05) is 18.8 Å². The third-order valence-electron chi connectivity index (χ3n) is 4.71. The summed E-state index contributed by atoms with van der Waals surface area (Å²) in [5.41, 5.74) is 10.8. The lowest BCUT2D eigenvalue weighted by atomic mass is 10.1. The predicted octanol–water partition coefficient (Wildman–Crippen LogP) is 2.95. The van der Waals surface area contributed by atoms with Crippen molar-refractivity contribution in [2.75, 3.05) is 18.4 Å². The fourth-order valence-corrected chi connectivity index (χ4v) is 3.27. The summed E-state index contributed by atoms with van der Waals surface area (Å²) in [6, 6.07) is 16.2. The molecule has 0 atom stereocenters. The number of carbonyl (C=O) groups excluding carboxylic acids is 1. The van der Waals surface area contributed by atoms with Crippen LogP contribution in [0.5, 0.6) is 0 Å². The Bertz CT molecular complexity index is 786. The maximum atomic E-state index is 12.4. The van der Waals surface area contributed by atoms with Gasteiger partial charge in [-0.3, -0.25) is 4.79 Å². The van der Waals surface area contributed by atoms with Gasteiger partial charge in [0.1, 0.15) is 6.54 Å². The lowest BCUT2D eigenvalue weighted by molar-refractivity contribution is -0.130. The average Bonchev–Trinajstić information content (AvgIpc) is 3.13. The van der Waals surface area contributed by atoms with Crippen molar-refractivity contribution in [3.63, 3.8) is 0 Å². The van der Waals surface area contributed by atoms with E-state index in [0.717, 1.165) is 24.1 Å². The lowest BCUT2D eigenvalue weighted by Gasteiger charge is -2.20. The Hall–Kier alpha value is -2.82. The third kappa shape index (κ3) is 4.63. The van der Waals surface area contributed by atoms with Crippen LogP contribution in [0.1, 0.15) is 30.0 Å². The molecule has 0 saturated heterocycles. The number of nitrogens with zero attached hydrogens (tertiary/aromatic N) is 2. The van der Waals surface area contributed by atoms with Crippen LogP contribution >= 0.6 is 0 Å². The first-order chi connectivity index (χ1) is 12.7. The Kier molecular flexibility index (Phi) is 5.89. The van der Waals surface area contributed by atoms with Crippen molar-refractivity contribution in [3.8, 4) is 0 Å². The van der Waals surface area contributed by atoms with E-state index < -0.39 is 0 Å². The van der Waals surface area contributed by atoms with Crippen LogP contribution in [-0.4, -0.2) is 29.9 Å². The number of benzene rings is 2. The van der Waals surface area contributed by atoms with E-state index in [1.54, 1.807) is 4.90 Å². The topological polar surface area (TPSA) is 70.7 Å². The molecule has 136 valence electrons. The van der Waals surface area contributed by atoms with Crippen LogP contribution in [0.2, 0.25) is 0 Å². The number of amides is 1. The molecule has 0 bridgehead atoms. The maximum absolute atomic E-state index is 12.4. The zero-order valence-electron chi connectivity index (χ0n) is 15.2. The monoisotopic (exact) mass is 350 g/mol. The van der Waals surface area contributed by atoms with E-state index in [1.807, 2.05) is 43.3 Å². The number of rotatable bonds is 6. The normalized spacial score (nSPS) is 13.3. The Balaban J connectivity index is 1.56. The minimum Gasteiger partial charge on any atom is -0.370 e. The minimum atomic E-state index is -0.0324. The van der Waals surface area contributed by atoms with Gasteiger partial charge in [-0.1, -0.05) is 36.4 Å². The van der Waals surface area contributed by atoms with E-state index in [-0.39, 0.29) is 18.4 Å². The molecule has 5 nitrogen and oxygen atoms in total. The molecule has 2 aromatic carbocycles. The summed E-state index contributed by atoms with van der Waals surface area (Å²) in [7, 11) is 0. The largest absolute Gasteiger partial charge is 0.370 e. The van der Waals surface area contributed by atoms with Gasteiger partial charge in [-0.05, 0) is 55.0 Å². The molecule has 0 fully saturated rings. The molecule has 0 unspecified atom stereocenters. The number of aryl methyl sites for hydroxylation is 2. The third-order valence-corrected chi connectivity index (χ3v) is 4.71. The Morgan fingerprint density at radius 1 is 1.15 bits per heavy atom. The number of carbonyl (C=O) groups is 1. The molecular weight excluding hydrogens is 324 g/mol. The molecule has 26 heavy (non-hydrogen) atoms. The number of anilines is 1. The molecule has 3 N–H and O–H groups in total. The average molecular weight is 350 g/mol. The summed E-state index contributed by atoms with van der Waals surface area (Å²) >= 11 is 0. The molecule has 0 radical (unpaired) electrons. The standard InChI is InChI=1S/C21H26N4O/c1-2-25(15-16-7-4-3-5-8-16)20(26)14-23-21(22)24-19-12-11-17-9-6-10-18(17)13-19/h3-5,7-8,11-13H,2,6,9-10,14-15H2,1H3,(H3,22,23,24). The molecule has 3 rings (SSSR count). The van der Waals surface area contributed by atoms with Crippen molar-refractivity contribution < 1.29 is 4.79 Å². The molecule has 0 aliphatic heterocycles. The molecule has 2 aromatic rings. The van der Waals surface area contributed by atoms with E-state index in [9.17, 15) is 4.79 Å². The van der Waals surface area contributed by atoms with E-state index in [2.05, 4.69) is 22.4 Å². The summed E-state index contributed by atoms with van der Waals surface area (Å²) in [6.07, 6.45) is 3.48. The summed E-state index contributed by atoms with van der Waals surface area (Å²) in [6.45, 7) is 3.24. The molecule has 5 heteroatoms. The van der Waals surface area contributed by atoms with Crippen molar-refractivity contribution in [2.24, 2.45) is 10.7 Å². The van der Waals surface area contributed by atoms with Gasteiger partial charge in [-0.15, -0.1) is 0 Å². The molecule has 1 amide bonds. The van der Waals surface area contributed by atoms with Crippen molar-refractivity contribution in [1.29, 1.82) is 0 Å². The predicted molar refractivity (Wildman–Crippen MR) is 106 cm³/mol. The summed E-state index contributed by atoms with van der Waals surface area (Å²) < 4.78 is 0. The van der Waals surface area contributed by atoms with Gasteiger partial charge in [-0.2, -0.15) is 0 Å². The van der Waals surface area contributed by atoms with Crippen LogP contribution in [0.4, 0.5) is 5.69 Å². The molecule has 0 heterocycles. The molecule has 0 spiro atoms. The highest BCUT2D eigenvalue weighted by Gasteiger charge is 2.13. The Morgan fingerprint density at radius 2 is 1.92 bits per heavy atom. The van der Waals surface area contributed by atoms with Crippen molar-refractivity contribution >= 4 is 17.6 Å². The quantitative estimate of drug-likeness (QED) is 0.621. The fraction of sp³-hybridized carbons (Fsp3) is 0.333. The maximum Gasteiger partial charge on any atom is 0.244 e. The van der Waals surface area contributed by atoms with E-state index >= 15 is 0 Å². The van der Waals surface area contributed by atoms with Gasteiger partial charge in [0.05, 0.1) is 0 Å². The number of nitrogens with two attached hydrogens (primary N) is 1. The SMILES string of the molecule is CCN(Cc1ccccc1)C(=O)CN=C(N)Nc1ccc2c(c1)CCC2. The lowest BCUT2D eigenvalue weighted by Crippen LogP contribution is -2.33. The number of hydrogen-bond acceptors (Lipinski definition) is 2. The van der Waals surface area contributed by atoms with Crippen molar-refractivity contribution in [2.45, 2.75) is 32.7 Å². The second-order valence-corrected chi connectivity index (χ2v) is 6.56. The van der Waals surface area contributed by atoms with Crippen LogP contribution in [0.3, 0.4) is 0 Å². The van der Waals surface area contributed by atoms with Gasteiger partial charge < -0.3 is 16.0 Å². The number of guanidine groups is 1. The van der Waals surface area contributed by atoms with Crippen LogP contribution in [0.25, 0.3) is 0 Å². The summed E-state index contributed by atoms with van der Waals surface area (Å²) in [5, 5.41) is 3.09. The van der Waals surface area contributed by atoms with Crippen LogP contribution in [0, 0.1) is 0 Å². The minimum absolute atomic E-state index is 0.0324. The first-order valence-electron chi connectivity index (χ1n) is 9.16. The number of hydrogen-bond donors (Lipinski definition) is 2. The highest BCUT2D eigenvalue weighted by Crippen LogP contribution is 2.24. The second-order valence-electron chi connectivity index (χ2n) is 6.56. The molecule has 1 aliphatic carbocycles. The van der Waals surface area contributed by atoms with Crippen LogP contribution in [-0.2, 0) is 24.2 Å². The number of aliphatic imine (C=N–C) groups is 1. The fourth-order valence-electron chi connectivity index (χ4n) is 3.27. The van der Waals surface area contributed by atoms with E-state index in [4.69, 9.17) is 5.73 Å². The molecule has 0 saturated carbocycles. The summed E-state index contributed by atoms with van der Waals surface area (Å²) in [4.78, 5) is 18.4. The zero-order chi connectivity index (χ0) is 18.4. The molecule has 1 aliphatic rings. The first kappa shape index (κ1) is 18.0. The van der Waals surface area contributed by atoms with Crippen molar-refractivity contribution in [1.82, 2.24) is 4.90 Å². The molecular formula is C21H26N4O. The summed E-state index contributed by atoms with van der Waals surface area (Å²) in [5.74, 6) is 0.238. The van der Waals surface area contributed by atoms with Crippen LogP contribution < -0.4 is 11.1 Å². The second kappa shape index (κ2) is 8.52. The Morgan fingerprint density at radius 3 is 2.69 bits per heavy atom. The number of fused-ring (bicyclic) bond motifs is 1. The van der Waals surface area contributed by atoms with Gasteiger partial charge in [0.2, 0.25) is 5.91 Å². The Labute approximate surface area is 154 Å². The first-order valence-corrected chi connectivity index (χ1v) is 9.16. The number of likely N-dealkylation sites (N-methyl/N-ethyl adjacent to an activating group) is 1. The highest BCUT2D eigenvalue weighted by molar-refractivity contribution is 5.94. The zero-order valence-corrected chi connectivity index (χ0v) is 15.2. The van der Waals surface area contributed by atoms with Gasteiger partial charge in [-0.25, -0.2) is 4.99 Å². The van der Waals surface area contributed by atoms with E-state index in [0.29, 0.717) is 13.1 Å². The van der Waals surface area contributed by atoms with Crippen LogP contribution in [0.15, 0.2) is 53.5 Å². The highest BCUT2D eigenvalue weighted by atomic mass is 16.2. The van der Waals surface area contributed by atoms with E-state index in [1.165, 1.54) is 17.5 Å². The van der Waals surface area contributed by atoms with Gasteiger partial charge in [0.15, 0.2) is 5.96 Å². The van der Waals surface area contributed by atoms with Gasteiger partial charge in [0.25, 0.3) is 0 Å².